The van der Waals surface area contributed by atoms with Crippen molar-refractivity contribution in [3.8, 4) is 0 Å². The first-order valence-electron chi connectivity index (χ1n) is 11.9. The number of Topliss-reactive ketones (excluding diaryl/α,β-unsaturated/α-hetero) is 1. The average molecular weight is 439 g/mol. The van der Waals surface area contributed by atoms with Crippen LogP contribution in [0.2, 0.25) is 0 Å². The maximum absolute atomic E-state index is 13.4. The number of H-pyrrole nitrogens is 1. The van der Waals surface area contributed by atoms with Crippen molar-refractivity contribution in [3.63, 3.8) is 0 Å². The van der Waals surface area contributed by atoms with Crippen LogP contribution in [0, 0.1) is 40.9 Å². The number of carbonyl (C=O) groups excluding carboxylic acids is 1. The first kappa shape index (κ1) is 21.5. The highest BCUT2D eigenvalue weighted by Gasteiger charge is 2.62. The number of nitrogens with zero attached hydrogens (tertiary/aromatic N) is 1. The van der Waals surface area contributed by atoms with Crippen molar-refractivity contribution in [2.45, 2.75) is 82.9 Å². The number of hydrogen-bond donors (Lipinski definition) is 2. The molecule has 7 heteroatoms. The summed E-state index contributed by atoms with van der Waals surface area (Å²) in [5, 5.41) is 10.3. The Bertz CT molecular complexity index is 825. The van der Waals surface area contributed by atoms with E-state index < -0.39 is 11.8 Å². The molecular weight excluding hydrogens is 405 g/mol. The minimum atomic E-state index is -4.53. The smallest absolute Gasteiger partial charge is 0.380 e. The van der Waals surface area contributed by atoms with E-state index in [4.69, 9.17) is 0 Å². The highest BCUT2D eigenvalue weighted by molar-refractivity contribution is 5.84. The number of nitrogens with one attached hydrogen (secondary N) is 1. The predicted octanol–water partition coefficient (Wildman–Crippen LogP) is 5.08. The molecule has 172 valence electrons. The standard InChI is InChI=1S/C24H33F3N2O2/c1-22-8-6-17-16-7-9-23(31,24(25,26)27)11-14(16)2-3-18(17)19(22)4-5-20(22)21(30)10-15-12-28-13-29-15/h12-14,16-20,31H,2-11H2,1H3,(H,28,29)/t14-,16-,17+,18+,19-,20+,22-,23+/m0/s1. The Morgan fingerprint density at radius 3 is 2.61 bits per heavy atom. The van der Waals surface area contributed by atoms with Crippen LogP contribution >= 0.6 is 0 Å². The second-order valence-electron chi connectivity index (χ2n) is 11.1. The van der Waals surface area contributed by atoms with Gasteiger partial charge in [-0.1, -0.05) is 6.92 Å². The van der Waals surface area contributed by atoms with Crippen LogP contribution in [-0.4, -0.2) is 32.6 Å². The molecule has 4 fully saturated rings. The fourth-order valence-electron chi connectivity index (χ4n) is 8.36. The van der Waals surface area contributed by atoms with Crippen molar-refractivity contribution >= 4 is 5.78 Å². The molecule has 4 saturated carbocycles. The Morgan fingerprint density at radius 2 is 1.90 bits per heavy atom. The van der Waals surface area contributed by atoms with Crippen molar-refractivity contribution < 1.29 is 23.1 Å². The monoisotopic (exact) mass is 438 g/mol. The molecule has 0 aliphatic heterocycles. The molecule has 0 saturated heterocycles. The summed E-state index contributed by atoms with van der Waals surface area (Å²) in [7, 11) is 0. The number of carbonyl (C=O) groups is 1. The quantitative estimate of drug-likeness (QED) is 0.691. The van der Waals surface area contributed by atoms with Gasteiger partial charge in [-0.3, -0.25) is 4.79 Å². The molecule has 0 aromatic carbocycles. The number of aromatic amines is 1. The molecule has 5 rings (SSSR count). The van der Waals surface area contributed by atoms with E-state index in [1.54, 1.807) is 12.5 Å². The minimum Gasteiger partial charge on any atom is -0.380 e. The summed E-state index contributed by atoms with van der Waals surface area (Å²) in [5.41, 5.74) is -1.63. The highest BCUT2D eigenvalue weighted by atomic mass is 19.4. The van der Waals surface area contributed by atoms with E-state index in [1.165, 1.54) is 0 Å². The van der Waals surface area contributed by atoms with Crippen LogP contribution in [0.4, 0.5) is 13.2 Å². The number of aromatic nitrogens is 2. The first-order chi connectivity index (χ1) is 14.6. The maximum Gasteiger partial charge on any atom is 0.417 e. The van der Waals surface area contributed by atoms with Crippen molar-refractivity contribution in [3.05, 3.63) is 18.2 Å². The van der Waals surface area contributed by atoms with E-state index in [0.717, 1.165) is 44.2 Å². The minimum absolute atomic E-state index is 0.00643. The van der Waals surface area contributed by atoms with Gasteiger partial charge >= 0.3 is 6.18 Å². The molecule has 4 aliphatic carbocycles. The van der Waals surface area contributed by atoms with Gasteiger partial charge in [-0.2, -0.15) is 13.2 Å². The molecule has 4 aliphatic rings. The summed E-state index contributed by atoms with van der Waals surface area (Å²) in [6.07, 6.45) is 5.10. The largest absolute Gasteiger partial charge is 0.417 e. The van der Waals surface area contributed by atoms with Gasteiger partial charge in [0.05, 0.1) is 6.33 Å². The third-order valence-corrected chi connectivity index (χ3v) is 9.85. The molecular formula is C24H33F3N2O2. The lowest BCUT2D eigenvalue weighted by atomic mass is 9.48. The van der Waals surface area contributed by atoms with Gasteiger partial charge in [0.15, 0.2) is 5.60 Å². The normalized spacial score (nSPS) is 44.9. The van der Waals surface area contributed by atoms with Crippen LogP contribution in [0.25, 0.3) is 0 Å². The van der Waals surface area contributed by atoms with E-state index >= 15 is 0 Å². The number of aliphatic hydroxyl groups is 1. The first-order valence-corrected chi connectivity index (χ1v) is 11.9. The summed E-state index contributed by atoms with van der Waals surface area (Å²) in [6, 6.07) is 0. The number of alkyl halides is 3. The topological polar surface area (TPSA) is 66.0 Å². The van der Waals surface area contributed by atoms with Gasteiger partial charge in [-0.15, -0.1) is 0 Å². The van der Waals surface area contributed by atoms with Crippen molar-refractivity contribution in [2.24, 2.45) is 40.9 Å². The van der Waals surface area contributed by atoms with Crippen LogP contribution in [0.3, 0.4) is 0 Å². The number of imidazole rings is 1. The third-order valence-electron chi connectivity index (χ3n) is 9.85. The number of halogens is 3. The van der Waals surface area contributed by atoms with Gasteiger partial charge < -0.3 is 10.1 Å². The zero-order valence-electron chi connectivity index (χ0n) is 18.1. The van der Waals surface area contributed by atoms with E-state index in [2.05, 4.69) is 16.9 Å². The fraction of sp³-hybridized carbons (Fsp3) is 0.833. The summed E-state index contributed by atoms with van der Waals surface area (Å²) in [5.74, 6) is 2.11. The number of ketones is 1. The van der Waals surface area contributed by atoms with E-state index in [0.29, 0.717) is 42.3 Å². The van der Waals surface area contributed by atoms with Crippen LogP contribution in [0.1, 0.15) is 70.4 Å². The molecule has 4 nitrogen and oxygen atoms in total. The Balaban J connectivity index is 1.30. The Morgan fingerprint density at radius 1 is 1.13 bits per heavy atom. The number of hydrogen-bond acceptors (Lipinski definition) is 3. The molecule has 0 unspecified atom stereocenters. The van der Waals surface area contributed by atoms with Crippen LogP contribution in [0.15, 0.2) is 12.5 Å². The lowest BCUT2D eigenvalue weighted by Gasteiger charge is -2.57. The van der Waals surface area contributed by atoms with E-state index in [-0.39, 0.29) is 30.1 Å². The van der Waals surface area contributed by atoms with Crippen molar-refractivity contribution in [1.82, 2.24) is 9.97 Å². The summed E-state index contributed by atoms with van der Waals surface area (Å²) in [6.45, 7) is 2.30. The maximum atomic E-state index is 13.4. The Labute approximate surface area is 181 Å². The van der Waals surface area contributed by atoms with Gasteiger partial charge in [0.1, 0.15) is 5.78 Å². The Kier molecular flexibility index (Phi) is 5.07. The third kappa shape index (κ3) is 3.37. The molecule has 31 heavy (non-hydrogen) atoms. The van der Waals surface area contributed by atoms with Crippen molar-refractivity contribution in [1.29, 1.82) is 0 Å². The second kappa shape index (κ2) is 7.32. The van der Waals surface area contributed by atoms with Gasteiger partial charge in [-0.05, 0) is 92.8 Å². The summed E-state index contributed by atoms with van der Waals surface area (Å²) in [4.78, 5) is 20.2. The average Bonchev–Trinajstić information content (AvgIpc) is 3.33. The van der Waals surface area contributed by atoms with Gasteiger partial charge in [-0.25, -0.2) is 4.98 Å². The van der Waals surface area contributed by atoms with E-state index in [9.17, 15) is 23.1 Å². The number of fused-ring (bicyclic) bond motifs is 5. The molecule has 0 bridgehead atoms. The SMILES string of the molecule is C[C@]12CC[C@H]3[C@@H](CC[C@H]4C[C@@](O)(C(F)(F)F)CC[C@@H]43)[C@@H]1CC[C@@H]2C(=O)Cc1cnc[nH]1. The fourth-order valence-corrected chi connectivity index (χ4v) is 8.36. The van der Waals surface area contributed by atoms with Crippen LogP contribution < -0.4 is 0 Å². The van der Waals surface area contributed by atoms with Gasteiger partial charge in [0.25, 0.3) is 0 Å². The molecule has 2 N–H and O–H groups in total. The number of rotatable bonds is 3. The lowest BCUT2D eigenvalue weighted by molar-refractivity contribution is -0.282. The molecule has 0 spiro atoms. The van der Waals surface area contributed by atoms with Crippen LogP contribution in [0.5, 0.6) is 0 Å². The van der Waals surface area contributed by atoms with Crippen molar-refractivity contribution in [2.75, 3.05) is 0 Å². The molecule has 0 radical (unpaired) electrons. The van der Waals surface area contributed by atoms with Gasteiger partial charge in [0.2, 0.25) is 0 Å². The lowest BCUT2D eigenvalue weighted by Crippen LogP contribution is -2.55. The van der Waals surface area contributed by atoms with Crippen LogP contribution in [-0.2, 0) is 11.2 Å². The molecule has 0 amide bonds. The predicted molar refractivity (Wildman–Crippen MR) is 109 cm³/mol. The summed E-state index contributed by atoms with van der Waals surface area (Å²) < 4.78 is 40.2. The van der Waals surface area contributed by atoms with E-state index in [1.807, 2.05) is 0 Å². The molecule has 8 atom stereocenters. The molecule has 1 aromatic heterocycles. The second-order valence-corrected chi connectivity index (χ2v) is 11.1. The molecule has 1 aromatic rings. The zero-order valence-corrected chi connectivity index (χ0v) is 18.1. The highest BCUT2D eigenvalue weighted by Crippen LogP contribution is 2.65. The summed E-state index contributed by atoms with van der Waals surface area (Å²) >= 11 is 0. The molecule has 1 heterocycles. The zero-order chi connectivity index (χ0) is 22.0. The Hall–Kier alpha value is -1.37. The van der Waals surface area contributed by atoms with Gasteiger partial charge in [0, 0.05) is 24.2 Å².